The van der Waals surface area contributed by atoms with E-state index in [-0.39, 0.29) is 5.91 Å². The molecule has 96 valence electrons. The van der Waals surface area contributed by atoms with Crippen LogP contribution in [0, 0.1) is 6.92 Å². The van der Waals surface area contributed by atoms with Gasteiger partial charge in [0.25, 0.3) is 5.91 Å². The van der Waals surface area contributed by atoms with Gasteiger partial charge < -0.3 is 4.57 Å². The second kappa shape index (κ2) is 4.43. The summed E-state index contributed by atoms with van der Waals surface area (Å²) in [5.74, 6) is 0.0731. The number of nitrogens with one attached hydrogen (secondary N) is 1. The fourth-order valence-electron chi connectivity index (χ4n) is 1.85. The summed E-state index contributed by atoms with van der Waals surface area (Å²) >= 11 is 1.33. The molecule has 0 spiro atoms. The Labute approximate surface area is 113 Å². The third-order valence-electron chi connectivity index (χ3n) is 2.74. The number of hydrogen-bond acceptors (Lipinski definition) is 5. The monoisotopic (exact) mass is 273 g/mol. The van der Waals surface area contributed by atoms with Crippen molar-refractivity contribution in [3.8, 4) is 0 Å². The Balaban J connectivity index is 1.95. The SMILES string of the molecule is Cc1nnc(NC(=O)c2nc3ccccc3n2C)s1. The van der Waals surface area contributed by atoms with Gasteiger partial charge in [0.15, 0.2) is 5.82 Å². The molecule has 0 fully saturated rings. The van der Waals surface area contributed by atoms with Crippen molar-refractivity contribution in [2.75, 3.05) is 5.32 Å². The topological polar surface area (TPSA) is 72.7 Å². The van der Waals surface area contributed by atoms with Crippen LogP contribution >= 0.6 is 11.3 Å². The molecule has 0 unspecified atom stereocenters. The number of aromatic nitrogens is 4. The second-order valence-electron chi connectivity index (χ2n) is 4.06. The van der Waals surface area contributed by atoms with Gasteiger partial charge in [-0.1, -0.05) is 23.5 Å². The van der Waals surface area contributed by atoms with E-state index in [9.17, 15) is 4.79 Å². The maximum absolute atomic E-state index is 12.2. The van der Waals surface area contributed by atoms with Gasteiger partial charge in [-0.3, -0.25) is 10.1 Å². The summed E-state index contributed by atoms with van der Waals surface area (Å²) in [7, 11) is 1.82. The molecule has 1 amide bonds. The number of anilines is 1. The van der Waals surface area contributed by atoms with Gasteiger partial charge in [-0.05, 0) is 19.1 Å². The van der Waals surface area contributed by atoms with Crippen molar-refractivity contribution < 1.29 is 4.79 Å². The van der Waals surface area contributed by atoms with Crippen LogP contribution < -0.4 is 5.32 Å². The molecule has 0 aliphatic heterocycles. The highest BCUT2D eigenvalue weighted by Gasteiger charge is 2.16. The van der Waals surface area contributed by atoms with E-state index in [2.05, 4.69) is 20.5 Å². The molecule has 0 bridgehead atoms. The smallest absolute Gasteiger partial charge is 0.293 e. The third-order valence-corrected chi connectivity index (χ3v) is 3.49. The van der Waals surface area contributed by atoms with Gasteiger partial charge in [0, 0.05) is 7.05 Å². The molecule has 2 heterocycles. The lowest BCUT2D eigenvalue weighted by molar-refractivity contribution is 0.101. The fourth-order valence-corrected chi connectivity index (χ4v) is 2.44. The molecule has 7 heteroatoms. The molecule has 0 atom stereocenters. The predicted molar refractivity (Wildman–Crippen MR) is 73.3 cm³/mol. The maximum Gasteiger partial charge on any atom is 0.293 e. The Bertz CT molecular complexity index is 760. The highest BCUT2D eigenvalue weighted by atomic mass is 32.1. The van der Waals surface area contributed by atoms with Crippen LogP contribution in [-0.2, 0) is 7.05 Å². The number of nitrogens with zero attached hydrogens (tertiary/aromatic N) is 4. The van der Waals surface area contributed by atoms with Gasteiger partial charge in [-0.15, -0.1) is 10.2 Å². The number of hydrogen-bond donors (Lipinski definition) is 1. The molecule has 1 aromatic carbocycles. The molecule has 0 radical (unpaired) electrons. The summed E-state index contributed by atoms with van der Waals surface area (Å²) in [5.41, 5.74) is 1.71. The number of para-hydroxylation sites is 2. The standard InChI is InChI=1S/C12H11N5OS/c1-7-15-16-12(19-7)14-11(18)10-13-8-5-3-4-6-9(8)17(10)2/h3-6H,1-2H3,(H,14,16,18). The van der Waals surface area contributed by atoms with Crippen molar-refractivity contribution in [3.05, 3.63) is 35.1 Å². The van der Waals surface area contributed by atoms with E-state index in [1.807, 2.05) is 38.2 Å². The zero-order valence-electron chi connectivity index (χ0n) is 10.4. The van der Waals surface area contributed by atoms with Crippen molar-refractivity contribution in [3.63, 3.8) is 0 Å². The Morgan fingerprint density at radius 1 is 1.32 bits per heavy atom. The quantitative estimate of drug-likeness (QED) is 0.775. The maximum atomic E-state index is 12.2. The minimum absolute atomic E-state index is 0.283. The van der Waals surface area contributed by atoms with Crippen molar-refractivity contribution in [1.29, 1.82) is 0 Å². The van der Waals surface area contributed by atoms with E-state index < -0.39 is 0 Å². The summed E-state index contributed by atoms with van der Waals surface area (Å²) in [6.45, 7) is 1.84. The molecule has 19 heavy (non-hydrogen) atoms. The normalized spacial score (nSPS) is 10.8. The van der Waals surface area contributed by atoms with Gasteiger partial charge in [0.05, 0.1) is 11.0 Å². The van der Waals surface area contributed by atoms with Crippen molar-refractivity contribution in [2.24, 2.45) is 7.05 Å². The summed E-state index contributed by atoms with van der Waals surface area (Å²) in [5, 5.41) is 11.7. The summed E-state index contributed by atoms with van der Waals surface area (Å²) in [4.78, 5) is 16.5. The first kappa shape index (κ1) is 11.8. The molecule has 0 aliphatic rings. The van der Waals surface area contributed by atoms with Gasteiger partial charge in [-0.2, -0.15) is 0 Å². The second-order valence-corrected chi connectivity index (χ2v) is 5.25. The van der Waals surface area contributed by atoms with Crippen molar-refractivity contribution >= 4 is 33.4 Å². The highest BCUT2D eigenvalue weighted by Crippen LogP contribution is 2.17. The number of amides is 1. The molecule has 6 nitrogen and oxygen atoms in total. The number of rotatable bonds is 2. The Kier molecular flexibility index (Phi) is 2.75. The zero-order chi connectivity index (χ0) is 13.4. The Morgan fingerprint density at radius 2 is 2.11 bits per heavy atom. The number of fused-ring (bicyclic) bond motifs is 1. The fraction of sp³-hybridized carbons (Fsp3) is 0.167. The molecular formula is C12H11N5OS. The number of aryl methyl sites for hydroxylation is 2. The number of imidazole rings is 1. The van der Waals surface area contributed by atoms with Gasteiger partial charge in [0.1, 0.15) is 5.01 Å². The van der Waals surface area contributed by atoms with E-state index in [4.69, 9.17) is 0 Å². The minimum atomic E-state index is -0.283. The van der Waals surface area contributed by atoms with Crippen LogP contribution in [0.3, 0.4) is 0 Å². The first-order valence-corrected chi connectivity index (χ1v) is 6.50. The average Bonchev–Trinajstić information content (AvgIpc) is 2.94. The Morgan fingerprint density at radius 3 is 2.79 bits per heavy atom. The lowest BCUT2D eigenvalue weighted by atomic mass is 10.3. The van der Waals surface area contributed by atoms with Crippen LogP contribution in [0.25, 0.3) is 11.0 Å². The van der Waals surface area contributed by atoms with Gasteiger partial charge in [-0.25, -0.2) is 4.98 Å². The minimum Gasteiger partial charge on any atom is -0.323 e. The molecule has 0 saturated heterocycles. The van der Waals surface area contributed by atoms with Gasteiger partial charge >= 0.3 is 0 Å². The van der Waals surface area contributed by atoms with E-state index in [1.165, 1.54) is 11.3 Å². The third kappa shape index (κ3) is 2.08. The molecule has 0 saturated carbocycles. The number of benzene rings is 1. The van der Waals surface area contributed by atoms with Crippen LogP contribution in [0.5, 0.6) is 0 Å². The first-order chi connectivity index (χ1) is 9.15. The molecule has 0 aliphatic carbocycles. The largest absolute Gasteiger partial charge is 0.323 e. The van der Waals surface area contributed by atoms with E-state index in [0.717, 1.165) is 16.0 Å². The summed E-state index contributed by atoms with van der Waals surface area (Å²) in [6, 6.07) is 7.61. The van der Waals surface area contributed by atoms with Crippen LogP contribution in [0.2, 0.25) is 0 Å². The van der Waals surface area contributed by atoms with Crippen LogP contribution in [0.4, 0.5) is 5.13 Å². The van der Waals surface area contributed by atoms with Crippen molar-refractivity contribution in [2.45, 2.75) is 6.92 Å². The summed E-state index contributed by atoms with van der Waals surface area (Å²) < 4.78 is 1.76. The summed E-state index contributed by atoms with van der Waals surface area (Å²) in [6.07, 6.45) is 0. The van der Waals surface area contributed by atoms with Gasteiger partial charge in [0.2, 0.25) is 5.13 Å². The van der Waals surface area contributed by atoms with Crippen LogP contribution in [0.15, 0.2) is 24.3 Å². The van der Waals surface area contributed by atoms with E-state index in [1.54, 1.807) is 4.57 Å². The lowest BCUT2D eigenvalue weighted by Crippen LogP contribution is -2.16. The van der Waals surface area contributed by atoms with Crippen LogP contribution in [0.1, 0.15) is 15.6 Å². The predicted octanol–water partition coefficient (Wildman–Crippen LogP) is 1.99. The van der Waals surface area contributed by atoms with E-state index >= 15 is 0 Å². The number of carbonyl (C=O) groups excluding carboxylic acids is 1. The first-order valence-electron chi connectivity index (χ1n) is 5.68. The van der Waals surface area contributed by atoms with Crippen molar-refractivity contribution in [1.82, 2.24) is 19.7 Å². The molecule has 2 aromatic heterocycles. The molecular weight excluding hydrogens is 262 g/mol. The zero-order valence-corrected chi connectivity index (χ0v) is 11.2. The molecule has 3 aromatic rings. The van der Waals surface area contributed by atoms with E-state index in [0.29, 0.717) is 11.0 Å². The van der Waals surface area contributed by atoms with Crippen LogP contribution in [-0.4, -0.2) is 25.7 Å². The highest BCUT2D eigenvalue weighted by molar-refractivity contribution is 7.15. The Hall–Kier alpha value is -2.28. The number of carbonyl (C=O) groups is 1. The molecule has 3 rings (SSSR count). The average molecular weight is 273 g/mol. The molecule has 1 N–H and O–H groups in total. The lowest BCUT2D eigenvalue weighted by Gasteiger charge is -2.01.